The largest absolute Gasteiger partial charge is 0.479 e. The maximum Gasteiger partial charge on any atom is 0.410 e. The van der Waals surface area contributed by atoms with E-state index in [1.807, 2.05) is 12.2 Å². The third-order valence-corrected chi connectivity index (χ3v) is 8.73. The molecule has 4 amide bonds. The van der Waals surface area contributed by atoms with Crippen LogP contribution in [0.1, 0.15) is 76.8 Å². The number of hydrogen-bond donors (Lipinski definition) is 3. The molecule has 1 aromatic rings. The number of aliphatic carboxylic acids is 1. The van der Waals surface area contributed by atoms with Crippen molar-refractivity contribution < 1.29 is 42.9 Å². The zero-order valence-corrected chi connectivity index (χ0v) is 25.8. The van der Waals surface area contributed by atoms with Gasteiger partial charge in [-0.15, -0.1) is 0 Å². The molecule has 4 aliphatic rings. The molecule has 0 radical (unpaired) electrons. The lowest BCUT2D eigenvalue weighted by Crippen LogP contribution is -2.56. The molecule has 13 heteroatoms. The van der Waals surface area contributed by atoms with E-state index in [9.17, 15) is 33.5 Å². The smallest absolute Gasteiger partial charge is 0.410 e. The Balaban J connectivity index is 1.36. The number of benzene rings is 1. The van der Waals surface area contributed by atoms with Crippen LogP contribution in [0.4, 0.5) is 14.0 Å². The van der Waals surface area contributed by atoms with Crippen molar-refractivity contribution in [3.05, 3.63) is 47.3 Å². The highest BCUT2D eigenvalue weighted by molar-refractivity contribution is 5.96. The van der Waals surface area contributed by atoms with Crippen molar-refractivity contribution in [3.8, 4) is 0 Å². The van der Waals surface area contributed by atoms with Gasteiger partial charge in [-0.2, -0.15) is 0 Å². The molecule has 1 saturated carbocycles. The highest BCUT2D eigenvalue weighted by Crippen LogP contribution is 2.45. The van der Waals surface area contributed by atoms with Crippen molar-refractivity contribution in [2.75, 3.05) is 6.54 Å². The summed E-state index contributed by atoms with van der Waals surface area (Å²) >= 11 is 0. The van der Waals surface area contributed by atoms with Gasteiger partial charge in [0.25, 0.3) is 0 Å². The first-order valence-corrected chi connectivity index (χ1v) is 15.5. The summed E-state index contributed by atoms with van der Waals surface area (Å²) in [7, 11) is 0. The SMILES string of the molecule is CC(C)(C)OC(=O)N[C@H]1CCCCC/C=C\[C@H]2C[C@]2(C(=O)O)NC(=O)[C@@H]2C[C@@H](OC(=O)N3Cc4ccc(F)cc4C3)CN2C1=O. The molecule has 0 spiro atoms. The molecular formula is C32H41FN4O8. The zero-order valence-electron chi connectivity index (χ0n) is 25.8. The first kappa shape index (κ1) is 32.2. The van der Waals surface area contributed by atoms with Gasteiger partial charge in [-0.1, -0.05) is 31.1 Å². The highest BCUT2D eigenvalue weighted by Gasteiger charge is 2.61. The monoisotopic (exact) mass is 628 g/mol. The molecule has 1 aliphatic carbocycles. The Bertz CT molecular complexity index is 1390. The molecule has 45 heavy (non-hydrogen) atoms. The fourth-order valence-corrected chi connectivity index (χ4v) is 6.31. The molecule has 3 heterocycles. The number of carboxylic acids is 1. The van der Waals surface area contributed by atoms with E-state index in [2.05, 4.69) is 10.6 Å². The van der Waals surface area contributed by atoms with Gasteiger partial charge in [0.2, 0.25) is 11.8 Å². The van der Waals surface area contributed by atoms with E-state index < -0.39 is 65.1 Å². The minimum Gasteiger partial charge on any atom is -0.479 e. The number of nitrogens with one attached hydrogen (secondary N) is 2. The summed E-state index contributed by atoms with van der Waals surface area (Å²) in [4.78, 5) is 68.6. The molecule has 0 unspecified atom stereocenters. The highest BCUT2D eigenvalue weighted by atomic mass is 19.1. The zero-order chi connectivity index (χ0) is 32.5. The summed E-state index contributed by atoms with van der Waals surface area (Å²) in [6, 6.07) is 2.15. The molecule has 3 N–H and O–H groups in total. The summed E-state index contributed by atoms with van der Waals surface area (Å²) in [6.45, 7) is 5.37. The van der Waals surface area contributed by atoms with Gasteiger partial charge in [-0.05, 0) is 69.7 Å². The van der Waals surface area contributed by atoms with Crippen molar-refractivity contribution in [1.82, 2.24) is 20.4 Å². The Morgan fingerprint density at radius 2 is 1.87 bits per heavy atom. The van der Waals surface area contributed by atoms with Crippen molar-refractivity contribution in [3.63, 3.8) is 0 Å². The maximum absolute atomic E-state index is 14.0. The second kappa shape index (κ2) is 12.7. The Labute approximate surface area is 261 Å². The Hall–Kier alpha value is -4.16. The van der Waals surface area contributed by atoms with Crippen LogP contribution in [0, 0.1) is 11.7 Å². The van der Waals surface area contributed by atoms with Crippen LogP contribution < -0.4 is 10.6 Å². The lowest BCUT2D eigenvalue weighted by molar-refractivity contribution is -0.145. The van der Waals surface area contributed by atoms with E-state index in [0.29, 0.717) is 18.4 Å². The molecule has 5 atom stereocenters. The molecule has 1 saturated heterocycles. The summed E-state index contributed by atoms with van der Waals surface area (Å²) < 4.78 is 24.9. The minimum atomic E-state index is -1.48. The Morgan fingerprint density at radius 1 is 1.11 bits per heavy atom. The van der Waals surface area contributed by atoms with Gasteiger partial charge in [0.1, 0.15) is 35.1 Å². The summed E-state index contributed by atoms with van der Waals surface area (Å²) in [5.74, 6) is -3.17. The number of rotatable bonds is 3. The number of amides is 4. The van der Waals surface area contributed by atoms with Crippen molar-refractivity contribution in [2.45, 2.75) is 108 Å². The average molecular weight is 629 g/mol. The van der Waals surface area contributed by atoms with Crippen LogP contribution in [-0.2, 0) is 36.9 Å². The van der Waals surface area contributed by atoms with Crippen molar-refractivity contribution in [1.29, 1.82) is 0 Å². The van der Waals surface area contributed by atoms with Crippen molar-refractivity contribution in [2.24, 2.45) is 5.92 Å². The van der Waals surface area contributed by atoms with Gasteiger partial charge < -0.3 is 30.1 Å². The number of carbonyl (C=O) groups is 5. The van der Waals surface area contributed by atoms with Crippen LogP contribution >= 0.6 is 0 Å². The first-order valence-electron chi connectivity index (χ1n) is 15.5. The third-order valence-electron chi connectivity index (χ3n) is 8.73. The lowest BCUT2D eigenvalue weighted by atomic mass is 10.0. The lowest BCUT2D eigenvalue weighted by Gasteiger charge is -2.30. The summed E-state index contributed by atoms with van der Waals surface area (Å²) in [5, 5.41) is 15.4. The van der Waals surface area contributed by atoms with Gasteiger partial charge in [0, 0.05) is 25.4 Å². The Morgan fingerprint density at radius 3 is 2.60 bits per heavy atom. The van der Waals surface area contributed by atoms with E-state index >= 15 is 0 Å². The van der Waals surface area contributed by atoms with E-state index in [1.54, 1.807) is 26.8 Å². The molecule has 1 aromatic carbocycles. The van der Waals surface area contributed by atoms with Crippen LogP contribution in [-0.4, -0.2) is 80.7 Å². The second-order valence-electron chi connectivity index (χ2n) is 13.4. The number of alkyl carbamates (subject to hydrolysis) is 1. The minimum absolute atomic E-state index is 0.0614. The number of ether oxygens (including phenoxy) is 2. The van der Waals surface area contributed by atoms with Crippen LogP contribution in [0.15, 0.2) is 30.4 Å². The fourth-order valence-electron chi connectivity index (χ4n) is 6.31. The molecule has 3 aliphatic heterocycles. The number of fused-ring (bicyclic) bond motifs is 3. The Kier molecular flexibility index (Phi) is 9.09. The first-order chi connectivity index (χ1) is 21.3. The number of carboxylic acid groups (broad SMARTS) is 1. The van der Waals surface area contributed by atoms with E-state index in [4.69, 9.17) is 9.47 Å². The summed E-state index contributed by atoms with van der Waals surface area (Å²) in [5.41, 5.74) is -0.822. The third kappa shape index (κ3) is 7.39. The van der Waals surface area contributed by atoms with E-state index in [1.165, 1.54) is 21.9 Å². The van der Waals surface area contributed by atoms with Crippen molar-refractivity contribution >= 4 is 30.0 Å². The van der Waals surface area contributed by atoms with E-state index in [0.717, 1.165) is 24.8 Å². The topological polar surface area (TPSA) is 155 Å². The van der Waals surface area contributed by atoms with Gasteiger partial charge >= 0.3 is 18.2 Å². The summed E-state index contributed by atoms with van der Waals surface area (Å²) in [6.07, 6.45) is 4.77. The molecule has 0 aromatic heterocycles. The van der Waals surface area contributed by atoms with Crippen LogP contribution in [0.5, 0.6) is 0 Å². The normalized spacial score (nSPS) is 29.2. The predicted octanol–water partition coefficient (Wildman–Crippen LogP) is 3.62. The molecule has 12 nitrogen and oxygen atoms in total. The number of hydrogen-bond acceptors (Lipinski definition) is 7. The van der Waals surface area contributed by atoms with Gasteiger partial charge in [0.05, 0.1) is 6.54 Å². The van der Waals surface area contributed by atoms with Crippen LogP contribution in [0.2, 0.25) is 0 Å². The molecule has 0 bridgehead atoms. The van der Waals surface area contributed by atoms with Crippen LogP contribution in [0.3, 0.4) is 0 Å². The number of halogens is 1. The van der Waals surface area contributed by atoms with Gasteiger partial charge in [-0.25, -0.2) is 18.8 Å². The standard InChI is InChI=1S/C32H41FN4O8/c1-31(2,3)45-29(42)34-24-10-8-6-4-5-7-9-21-15-32(21,28(40)41)35-26(38)25-14-23(18-37(25)27(24)39)44-30(43)36-16-19-11-12-22(33)13-20(19)17-36/h7,9,11-13,21,23-25H,4-6,8,10,14-18H2,1-3H3,(H,34,42)(H,35,38)(H,40,41)/b9-7-/t21-,23+,24-,25-,32-/m0/s1. The quantitative estimate of drug-likeness (QED) is 0.429. The predicted molar refractivity (Wildman–Crippen MR) is 158 cm³/mol. The number of nitrogens with zero attached hydrogens (tertiary/aromatic N) is 2. The fraction of sp³-hybridized carbons (Fsp3) is 0.594. The van der Waals surface area contributed by atoms with Gasteiger partial charge in [0.15, 0.2) is 0 Å². The molecule has 5 rings (SSSR count). The van der Waals surface area contributed by atoms with E-state index in [-0.39, 0.29) is 38.4 Å². The molecule has 2 fully saturated rings. The number of allylic oxidation sites excluding steroid dienone is 1. The average Bonchev–Trinajstić information content (AvgIpc) is 3.26. The number of carbonyl (C=O) groups excluding carboxylic acids is 4. The maximum atomic E-state index is 14.0. The van der Waals surface area contributed by atoms with Gasteiger partial charge in [-0.3, -0.25) is 14.5 Å². The van der Waals surface area contributed by atoms with Crippen LogP contribution in [0.25, 0.3) is 0 Å². The molecular weight excluding hydrogens is 587 g/mol. The molecule has 244 valence electrons. The second-order valence-corrected chi connectivity index (χ2v) is 13.4.